The molecule has 132 valence electrons. The lowest BCUT2D eigenvalue weighted by Gasteiger charge is -2.13. The number of hydrogen-bond donors (Lipinski definition) is 1. The van der Waals surface area contributed by atoms with Crippen molar-refractivity contribution in [2.75, 3.05) is 20.3 Å². The minimum absolute atomic E-state index is 0.0680. The molecule has 0 saturated heterocycles. The van der Waals surface area contributed by atoms with Gasteiger partial charge in [-0.3, -0.25) is 0 Å². The van der Waals surface area contributed by atoms with Crippen molar-refractivity contribution in [3.63, 3.8) is 0 Å². The van der Waals surface area contributed by atoms with Crippen molar-refractivity contribution < 1.29 is 39.2 Å². The summed E-state index contributed by atoms with van der Waals surface area (Å²) in [4.78, 5) is 40.4. The van der Waals surface area contributed by atoms with Crippen LogP contribution in [0.5, 0.6) is 11.5 Å². The van der Waals surface area contributed by atoms with Crippen molar-refractivity contribution in [1.82, 2.24) is 0 Å². The van der Waals surface area contributed by atoms with Gasteiger partial charge in [0.05, 0.1) is 19.3 Å². The lowest BCUT2D eigenvalue weighted by molar-refractivity contribution is -0.790. The smallest absolute Gasteiger partial charge is 0.338 e. The maximum absolute atomic E-state index is 11.8. The molecule has 0 spiro atoms. The topological polar surface area (TPSA) is 160 Å². The van der Waals surface area contributed by atoms with Crippen LogP contribution < -0.4 is 4.74 Å². The third kappa shape index (κ3) is 6.21. The molecule has 0 bridgehead atoms. The number of nitrogens with zero attached hydrogens (tertiary/aromatic N) is 2. The Balaban J connectivity index is 2.54. The number of aromatic hydroxyl groups is 1. The molecule has 0 radical (unpaired) electrons. The number of methoxy groups -OCH3 is 1. The van der Waals surface area contributed by atoms with E-state index in [9.17, 15) is 30.1 Å². The van der Waals surface area contributed by atoms with Gasteiger partial charge in [0, 0.05) is 6.42 Å². The molecule has 1 aromatic carbocycles. The summed E-state index contributed by atoms with van der Waals surface area (Å²) in [5.41, 5.74) is 0.0814. The van der Waals surface area contributed by atoms with Gasteiger partial charge in [0.1, 0.15) is 12.7 Å². The average Bonchev–Trinajstić information content (AvgIpc) is 2.52. The standard InChI is InChI=1S/C12H14N2O10/c1-21-11-6-8(2-3-10(11)15)12(16)22-5-4-9(24-14(19)20)7-23-13(17)18/h2-3,6,9,15H,4-5,7H2,1H3. The number of benzene rings is 1. The van der Waals surface area contributed by atoms with E-state index in [1.807, 2.05) is 0 Å². The third-order valence-corrected chi connectivity index (χ3v) is 2.69. The molecule has 0 aromatic heterocycles. The number of rotatable bonds is 10. The van der Waals surface area contributed by atoms with E-state index in [0.717, 1.165) is 0 Å². The fourth-order valence-corrected chi connectivity index (χ4v) is 1.60. The molecule has 24 heavy (non-hydrogen) atoms. The second kappa shape index (κ2) is 8.97. The molecular weight excluding hydrogens is 332 g/mol. The lowest BCUT2D eigenvalue weighted by atomic mass is 10.2. The predicted molar refractivity (Wildman–Crippen MR) is 74.4 cm³/mol. The van der Waals surface area contributed by atoms with Gasteiger partial charge in [-0.25, -0.2) is 4.79 Å². The summed E-state index contributed by atoms with van der Waals surface area (Å²) in [7, 11) is 1.30. The minimum atomic E-state index is -1.27. The second-order valence-corrected chi connectivity index (χ2v) is 4.28. The fourth-order valence-electron chi connectivity index (χ4n) is 1.60. The van der Waals surface area contributed by atoms with E-state index in [2.05, 4.69) is 9.68 Å². The Kier molecular flexibility index (Phi) is 7.00. The minimum Gasteiger partial charge on any atom is -0.504 e. The van der Waals surface area contributed by atoms with Crippen molar-refractivity contribution >= 4 is 5.97 Å². The van der Waals surface area contributed by atoms with Gasteiger partial charge in [-0.05, 0) is 18.2 Å². The van der Waals surface area contributed by atoms with Gasteiger partial charge in [-0.15, -0.1) is 20.2 Å². The van der Waals surface area contributed by atoms with Crippen molar-refractivity contribution in [2.24, 2.45) is 0 Å². The Morgan fingerprint density at radius 2 is 2.00 bits per heavy atom. The van der Waals surface area contributed by atoms with Gasteiger partial charge in [-0.2, -0.15) is 0 Å². The number of carbonyl (C=O) groups excluding carboxylic acids is 1. The van der Waals surface area contributed by atoms with Gasteiger partial charge >= 0.3 is 5.97 Å². The number of phenols is 1. The molecule has 1 rings (SSSR count). The Hall–Kier alpha value is -3.31. The molecule has 1 aromatic rings. The zero-order chi connectivity index (χ0) is 18.1. The largest absolute Gasteiger partial charge is 0.504 e. The zero-order valence-corrected chi connectivity index (χ0v) is 12.4. The van der Waals surface area contributed by atoms with E-state index in [1.165, 1.54) is 25.3 Å². The Morgan fingerprint density at radius 3 is 2.58 bits per heavy atom. The van der Waals surface area contributed by atoms with E-state index >= 15 is 0 Å². The van der Waals surface area contributed by atoms with E-state index < -0.39 is 28.9 Å². The molecule has 0 fully saturated rings. The molecule has 0 heterocycles. The van der Waals surface area contributed by atoms with Gasteiger partial charge in [0.25, 0.3) is 10.2 Å². The molecular formula is C12H14N2O10. The Labute approximate surface area is 134 Å². The molecule has 0 aliphatic carbocycles. The zero-order valence-electron chi connectivity index (χ0n) is 12.4. The van der Waals surface area contributed by atoms with E-state index in [0.29, 0.717) is 0 Å². The van der Waals surface area contributed by atoms with Gasteiger partial charge in [0.15, 0.2) is 11.5 Å². The highest BCUT2D eigenvalue weighted by atomic mass is 17.0. The average molecular weight is 346 g/mol. The van der Waals surface area contributed by atoms with Crippen molar-refractivity contribution in [3.05, 3.63) is 44.0 Å². The summed E-state index contributed by atoms with van der Waals surface area (Å²) in [6.07, 6.45) is -1.47. The van der Waals surface area contributed by atoms with Crippen LogP contribution in [0.15, 0.2) is 18.2 Å². The highest BCUT2D eigenvalue weighted by Gasteiger charge is 2.17. The number of hydrogen-bond acceptors (Lipinski definition) is 10. The number of esters is 1. The first-order valence-corrected chi connectivity index (χ1v) is 6.46. The van der Waals surface area contributed by atoms with Gasteiger partial charge in [-0.1, -0.05) is 0 Å². The molecule has 0 aliphatic heterocycles. The second-order valence-electron chi connectivity index (χ2n) is 4.28. The fraction of sp³-hybridized carbons (Fsp3) is 0.417. The highest BCUT2D eigenvalue weighted by Crippen LogP contribution is 2.26. The molecule has 12 heteroatoms. The van der Waals surface area contributed by atoms with Crippen molar-refractivity contribution in [1.29, 1.82) is 0 Å². The van der Waals surface area contributed by atoms with Crippen LogP contribution in [0, 0.1) is 20.2 Å². The first kappa shape index (κ1) is 18.7. The monoisotopic (exact) mass is 346 g/mol. The van der Waals surface area contributed by atoms with Crippen LogP contribution in [0.3, 0.4) is 0 Å². The van der Waals surface area contributed by atoms with Crippen LogP contribution in [0.2, 0.25) is 0 Å². The SMILES string of the molecule is COc1cc(C(=O)OCCC(CO[N+](=O)[O-])O[N+](=O)[O-])ccc1O. The van der Waals surface area contributed by atoms with E-state index in [-0.39, 0.29) is 30.1 Å². The molecule has 0 saturated carbocycles. The first-order valence-electron chi connectivity index (χ1n) is 6.46. The summed E-state index contributed by atoms with van der Waals surface area (Å²) in [5.74, 6) is -0.868. The summed E-state index contributed by atoms with van der Waals surface area (Å²) in [5, 5.41) is 27.6. The first-order chi connectivity index (χ1) is 11.3. The summed E-state index contributed by atoms with van der Waals surface area (Å²) >= 11 is 0. The van der Waals surface area contributed by atoms with Crippen LogP contribution in [0.25, 0.3) is 0 Å². The third-order valence-electron chi connectivity index (χ3n) is 2.69. The quantitative estimate of drug-likeness (QED) is 0.363. The van der Waals surface area contributed by atoms with Crippen LogP contribution in [0.1, 0.15) is 16.8 Å². The van der Waals surface area contributed by atoms with Crippen LogP contribution >= 0.6 is 0 Å². The lowest BCUT2D eigenvalue weighted by Crippen LogP contribution is -2.26. The van der Waals surface area contributed by atoms with Crippen molar-refractivity contribution in [3.8, 4) is 11.5 Å². The molecule has 1 unspecified atom stereocenters. The van der Waals surface area contributed by atoms with Gasteiger partial charge < -0.3 is 24.3 Å². The number of carbonyl (C=O) groups is 1. The molecule has 1 atom stereocenters. The summed E-state index contributed by atoms with van der Waals surface area (Å²) in [6, 6.07) is 3.78. The van der Waals surface area contributed by atoms with Crippen molar-refractivity contribution in [2.45, 2.75) is 12.5 Å². The van der Waals surface area contributed by atoms with Gasteiger partial charge in [0.2, 0.25) is 0 Å². The molecule has 12 nitrogen and oxygen atoms in total. The molecule has 0 aliphatic rings. The maximum Gasteiger partial charge on any atom is 0.338 e. The van der Waals surface area contributed by atoms with E-state index in [1.54, 1.807) is 0 Å². The molecule has 1 N–H and O–H groups in total. The highest BCUT2D eigenvalue weighted by molar-refractivity contribution is 5.90. The van der Waals surface area contributed by atoms with E-state index in [4.69, 9.17) is 9.47 Å². The van der Waals surface area contributed by atoms with Crippen LogP contribution in [-0.2, 0) is 14.4 Å². The number of ether oxygens (including phenoxy) is 2. The Morgan fingerprint density at radius 1 is 1.29 bits per heavy atom. The summed E-state index contributed by atoms with van der Waals surface area (Å²) in [6.45, 7) is -0.986. The summed E-state index contributed by atoms with van der Waals surface area (Å²) < 4.78 is 9.73. The maximum atomic E-state index is 11.8. The molecule has 0 amide bonds. The predicted octanol–water partition coefficient (Wildman–Crippen LogP) is 0.733. The van der Waals surface area contributed by atoms with Crippen LogP contribution in [0.4, 0.5) is 0 Å². The Bertz CT molecular complexity index is 606. The normalized spacial score (nSPS) is 11.2. The van der Waals surface area contributed by atoms with Crippen LogP contribution in [-0.4, -0.2) is 47.7 Å². The number of phenolic OH excluding ortho intramolecular Hbond substituents is 1.